The van der Waals surface area contributed by atoms with Crippen molar-refractivity contribution in [1.29, 1.82) is 0 Å². The van der Waals surface area contributed by atoms with Crippen molar-refractivity contribution in [2.24, 2.45) is 0 Å². The van der Waals surface area contributed by atoms with E-state index in [2.05, 4.69) is 27.6 Å². The highest BCUT2D eigenvalue weighted by Gasteiger charge is 2.10. The first-order chi connectivity index (χ1) is 9.79. The van der Waals surface area contributed by atoms with E-state index in [9.17, 15) is 0 Å². The summed E-state index contributed by atoms with van der Waals surface area (Å²) < 4.78 is 10.6. The molecule has 0 aliphatic carbocycles. The van der Waals surface area contributed by atoms with E-state index in [1.807, 2.05) is 30.1 Å². The molecule has 0 radical (unpaired) electrons. The molecule has 0 fully saturated rings. The van der Waals surface area contributed by atoms with Crippen LogP contribution < -0.4 is 10.2 Å². The van der Waals surface area contributed by atoms with Gasteiger partial charge in [-0.2, -0.15) is 0 Å². The van der Waals surface area contributed by atoms with Gasteiger partial charge < -0.3 is 19.4 Å². The minimum Gasteiger partial charge on any atom is -0.407 e. The first-order valence-electron chi connectivity index (χ1n) is 6.56. The number of aromatic nitrogens is 2. The minimum atomic E-state index is 0.525. The van der Waals surface area contributed by atoms with Gasteiger partial charge in [0.05, 0.1) is 13.2 Å². The average Bonchev–Trinajstić information content (AvgIpc) is 2.94. The van der Waals surface area contributed by atoms with Gasteiger partial charge in [0.1, 0.15) is 0 Å². The molecule has 0 bridgehead atoms. The molecule has 0 aliphatic rings. The van der Waals surface area contributed by atoms with Crippen molar-refractivity contribution < 1.29 is 9.15 Å². The molecule has 1 N–H and O–H groups in total. The Morgan fingerprint density at radius 3 is 2.80 bits per heavy atom. The molecule has 2 rings (SSSR count). The number of rotatable bonds is 8. The van der Waals surface area contributed by atoms with E-state index in [-0.39, 0.29) is 0 Å². The Hall–Kier alpha value is -1.92. The number of ether oxygens (including phenoxy) is 1. The Labute approximate surface area is 118 Å². The van der Waals surface area contributed by atoms with E-state index in [1.165, 1.54) is 5.56 Å². The topological polar surface area (TPSA) is 63.4 Å². The van der Waals surface area contributed by atoms with Crippen LogP contribution in [0.5, 0.6) is 0 Å². The summed E-state index contributed by atoms with van der Waals surface area (Å²) in [6, 6.07) is 10.7. The molecule has 0 spiro atoms. The second-order valence-corrected chi connectivity index (χ2v) is 4.49. The summed E-state index contributed by atoms with van der Waals surface area (Å²) in [5.74, 6) is 0.580. The molecule has 1 aromatic carbocycles. The summed E-state index contributed by atoms with van der Waals surface area (Å²) in [4.78, 5) is 1.93. The molecule has 0 saturated carbocycles. The summed E-state index contributed by atoms with van der Waals surface area (Å²) in [6.07, 6.45) is 0. The molecular weight excluding hydrogens is 256 g/mol. The highest BCUT2D eigenvalue weighted by molar-refractivity contribution is 5.26. The highest BCUT2D eigenvalue weighted by Crippen LogP contribution is 2.13. The smallest absolute Gasteiger partial charge is 0.318 e. The quantitative estimate of drug-likeness (QED) is 0.736. The first-order valence-corrected chi connectivity index (χ1v) is 6.56. The van der Waals surface area contributed by atoms with Gasteiger partial charge in [0.2, 0.25) is 5.89 Å². The number of nitrogens with one attached hydrogen (secondary N) is 1. The normalized spacial score (nSPS) is 10.7. The van der Waals surface area contributed by atoms with E-state index in [0.29, 0.717) is 25.1 Å². The van der Waals surface area contributed by atoms with E-state index < -0.39 is 0 Å². The molecule has 2 aromatic rings. The van der Waals surface area contributed by atoms with E-state index in [4.69, 9.17) is 9.15 Å². The van der Waals surface area contributed by atoms with Crippen molar-refractivity contribution in [2.45, 2.75) is 13.1 Å². The lowest BCUT2D eigenvalue weighted by molar-refractivity contribution is 0.198. The van der Waals surface area contributed by atoms with Crippen molar-refractivity contribution in [3.05, 3.63) is 41.8 Å². The summed E-state index contributed by atoms with van der Waals surface area (Å²) >= 11 is 0. The van der Waals surface area contributed by atoms with Crippen LogP contribution in [0.1, 0.15) is 11.5 Å². The van der Waals surface area contributed by atoms with Crippen molar-refractivity contribution in [2.75, 3.05) is 32.2 Å². The average molecular weight is 276 g/mol. The van der Waals surface area contributed by atoms with Crippen LogP contribution in [0.25, 0.3) is 0 Å². The van der Waals surface area contributed by atoms with E-state index >= 15 is 0 Å². The molecule has 6 heteroatoms. The predicted octanol–water partition coefficient (Wildman–Crippen LogP) is 1.44. The lowest BCUT2D eigenvalue weighted by Crippen LogP contribution is -2.18. The van der Waals surface area contributed by atoms with E-state index in [0.717, 1.165) is 13.1 Å². The Balaban J connectivity index is 1.84. The molecule has 20 heavy (non-hydrogen) atoms. The van der Waals surface area contributed by atoms with Crippen LogP contribution in [-0.4, -0.2) is 37.5 Å². The summed E-state index contributed by atoms with van der Waals surface area (Å²) in [5, 5.41) is 11.2. The maximum Gasteiger partial charge on any atom is 0.318 e. The fourth-order valence-corrected chi connectivity index (χ4v) is 1.76. The molecule has 1 heterocycles. The second kappa shape index (κ2) is 7.62. The lowest BCUT2D eigenvalue weighted by Gasteiger charge is -2.13. The van der Waals surface area contributed by atoms with Crippen LogP contribution in [-0.2, 0) is 17.8 Å². The van der Waals surface area contributed by atoms with Crippen molar-refractivity contribution in [1.82, 2.24) is 15.5 Å². The number of anilines is 1. The van der Waals surface area contributed by atoms with Gasteiger partial charge in [-0.25, -0.2) is 0 Å². The lowest BCUT2D eigenvalue weighted by atomic mass is 10.2. The predicted molar refractivity (Wildman–Crippen MR) is 76.4 cm³/mol. The van der Waals surface area contributed by atoms with Gasteiger partial charge in [0.15, 0.2) is 0 Å². The summed E-state index contributed by atoms with van der Waals surface area (Å²) in [5.41, 5.74) is 1.20. The highest BCUT2D eigenvalue weighted by atomic mass is 16.5. The molecule has 0 atom stereocenters. The summed E-state index contributed by atoms with van der Waals surface area (Å²) in [6.45, 7) is 2.71. The van der Waals surface area contributed by atoms with Gasteiger partial charge >= 0.3 is 6.01 Å². The molecule has 0 saturated heterocycles. The monoisotopic (exact) mass is 276 g/mol. The summed E-state index contributed by atoms with van der Waals surface area (Å²) in [7, 11) is 3.60. The Kier molecular flexibility index (Phi) is 5.52. The van der Waals surface area contributed by atoms with Gasteiger partial charge in [-0.05, 0) is 5.56 Å². The zero-order valence-electron chi connectivity index (χ0n) is 11.9. The SMILES string of the molecule is COCCNCc1nnc(N(C)Cc2ccccc2)o1. The Bertz CT molecular complexity index is 501. The van der Waals surface area contributed by atoms with Crippen molar-refractivity contribution >= 4 is 6.01 Å². The third-order valence-corrected chi connectivity index (χ3v) is 2.80. The zero-order chi connectivity index (χ0) is 14.2. The number of hydrogen-bond acceptors (Lipinski definition) is 6. The standard InChI is InChI=1S/C14H20N4O2/c1-18(11-12-6-4-3-5-7-12)14-17-16-13(20-14)10-15-8-9-19-2/h3-7,15H,8-11H2,1-2H3. The van der Waals surface area contributed by atoms with Gasteiger partial charge in [-0.3, -0.25) is 0 Å². The number of nitrogens with zero attached hydrogens (tertiary/aromatic N) is 3. The first kappa shape index (κ1) is 14.5. The van der Waals surface area contributed by atoms with Crippen LogP contribution >= 0.6 is 0 Å². The zero-order valence-corrected chi connectivity index (χ0v) is 11.9. The van der Waals surface area contributed by atoms with Crippen LogP contribution in [0.2, 0.25) is 0 Å². The van der Waals surface area contributed by atoms with Crippen LogP contribution in [0.15, 0.2) is 34.7 Å². The fourth-order valence-electron chi connectivity index (χ4n) is 1.76. The molecule has 108 valence electrons. The Morgan fingerprint density at radius 1 is 1.25 bits per heavy atom. The molecule has 0 amide bonds. The van der Waals surface area contributed by atoms with Gasteiger partial charge in [-0.15, -0.1) is 5.10 Å². The van der Waals surface area contributed by atoms with Gasteiger partial charge in [-0.1, -0.05) is 35.4 Å². The molecule has 6 nitrogen and oxygen atoms in total. The second-order valence-electron chi connectivity index (χ2n) is 4.49. The minimum absolute atomic E-state index is 0.525. The third kappa shape index (κ3) is 4.32. The van der Waals surface area contributed by atoms with Crippen LogP contribution in [0.4, 0.5) is 6.01 Å². The number of hydrogen-bond donors (Lipinski definition) is 1. The number of methoxy groups -OCH3 is 1. The maximum absolute atomic E-state index is 5.60. The van der Waals surface area contributed by atoms with Gasteiger partial charge in [0, 0.05) is 27.2 Å². The Morgan fingerprint density at radius 2 is 2.05 bits per heavy atom. The molecule has 1 aromatic heterocycles. The third-order valence-electron chi connectivity index (χ3n) is 2.80. The van der Waals surface area contributed by atoms with Gasteiger partial charge in [0.25, 0.3) is 0 Å². The number of benzene rings is 1. The van der Waals surface area contributed by atoms with Crippen LogP contribution in [0, 0.1) is 0 Å². The van der Waals surface area contributed by atoms with Crippen LogP contribution in [0.3, 0.4) is 0 Å². The van der Waals surface area contributed by atoms with Crippen molar-refractivity contribution in [3.8, 4) is 0 Å². The molecule has 0 unspecified atom stereocenters. The van der Waals surface area contributed by atoms with Crippen molar-refractivity contribution in [3.63, 3.8) is 0 Å². The maximum atomic E-state index is 5.60. The molecule has 0 aliphatic heterocycles. The largest absolute Gasteiger partial charge is 0.407 e. The molecular formula is C14H20N4O2. The van der Waals surface area contributed by atoms with E-state index in [1.54, 1.807) is 7.11 Å². The fraction of sp³-hybridized carbons (Fsp3) is 0.429.